The van der Waals surface area contributed by atoms with Gasteiger partial charge in [-0.05, 0) is 49.4 Å². The summed E-state index contributed by atoms with van der Waals surface area (Å²) in [5.41, 5.74) is 4.21. The highest BCUT2D eigenvalue weighted by atomic mass is 79.9. The van der Waals surface area contributed by atoms with E-state index in [0.29, 0.717) is 21.9 Å². The average molecular weight is 536 g/mol. The smallest absolute Gasteiger partial charge is 0.343 e. The molecule has 1 N–H and O–H groups in total. The molecule has 0 atom stereocenters. The molecule has 0 heterocycles. The fraction of sp³-hybridized carbons (Fsp3) is 0.0870. The number of ether oxygens (including phenoxy) is 2. The summed E-state index contributed by atoms with van der Waals surface area (Å²) in [6.45, 7) is 1.58. The largest absolute Gasteiger partial charge is 0.482 e. The molecule has 0 radical (unpaired) electrons. The van der Waals surface area contributed by atoms with Crippen LogP contribution in [0.3, 0.4) is 0 Å². The molecule has 32 heavy (non-hydrogen) atoms. The number of hydrogen-bond acceptors (Lipinski definition) is 5. The molecule has 0 bridgehead atoms. The Morgan fingerprint density at radius 3 is 2.62 bits per heavy atom. The summed E-state index contributed by atoms with van der Waals surface area (Å²) in [7, 11) is 0. The van der Waals surface area contributed by atoms with Crippen LogP contribution in [0.15, 0.2) is 70.2 Å². The van der Waals surface area contributed by atoms with E-state index in [2.05, 4.69) is 26.5 Å². The first-order valence-corrected chi connectivity index (χ1v) is 10.9. The van der Waals surface area contributed by atoms with E-state index in [-0.39, 0.29) is 17.4 Å². The van der Waals surface area contributed by atoms with Crippen molar-refractivity contribution in [1.29, 1.82) is 0 Å². The summed E-state index contributed by atoms with van der Waals surface area (Å²) >= 11 is 15.3. The topological polar surface area (TPSA) is 77.0 Å². The van der Waals surface area contributed by atoms with Crippen molar-refractivity contribution in [2.45, 2.75) is 6.92 Å². The van der Waals surface area contributed by atoms with Gasteiger partial charge in [-0.3, -0.25) is 4.79 Å². The molecule has 164 valence electrons. The van der Waals surface area contributed by atoms with E-state index in [1.165, 1.54) is 6.21 Å². The highest BCUT2D eigenvalue weighted by Crippen LogP contribution is 2.31. The Hall–Kier alpha value is -2.87. The van der Waals surface area contributed by atoms with Crippen molar-refractivity contribution in [3.05, 3.63) is 91.9 Å². The molecular formula is C23H17BrCl2N2O4. The van der Waals surface area contributed by atoms with Gasteiger partial charge >= 0.3 is 5.97 Å². The van der Waals surface area contributed by atoms with E-state index in [0.717, 1.165) is 10.0 Å². The van der Waals surface area contributed by atoms with Crippen molar-refractivity contribution >= 4 is 57.2 Å². The number of nitrogens with one attached hydrogen (secondary N) is 1. The molecule has 3 rings (SSSR count). The summed E-state index contributed by atoms with van der Waals surface area (Å²) in [4.78, 5) is 24.5. The van der Waals surface area contributed by atoms with E-state index < -0.39 is 11.9 Å². The number of halogens is 3. The van der Waals surface area contributed by atoms with E-state index in [4.69, 9.17) is 32.7 Å². The average Bonchev–Trinajstić information content (AvgIpc) is 2.76. The molecule has 3 aromatic rings. The first-order chi connectivity index (χ1) is 15.3. The van der Waals surface area contributed by atoms with Crippen LogP contribution < -0.4 is 14.9 Å². The zero-order valence-corrected chi connectivity index (χ0v) is 19.9. The molecule has 0 aromatic heterocycles. The molecule has 0 fully saturated rings. The fourth-order valence-electron chi connectivity index (χ4n) is 2.59. The maximum Gasteiger partial charge on any atom is 0.343 e. The maximum absolute atomic E-state index is 12.5. The lowest BCUT2D eigenvalue weighted by Crippen LogP contribution is -2.24. The third kappa shape index (κ3) is 6.56. The highest BCUT2D eigenvalue weighted by molar-refractivity contribution is 9.10. The lowest BCUT2D eigenvalue weighted by atomic mass is 10.1. The van der Waals surface area contributed by atoms with Crippen LogP contribution in [-0.4, -0.2) is 24.7 Å². The van der Waals surface area contributed by atoms with Gasteiger partial charge in [0.15, 0.2) is 6.61 Å². The van der Waals surface area contributed by atoms with Gasteiger partial charge in [0.1, 0.15) is 16.5 Å². The van der Waals surface area contributed by atoms with Crippen LogP contribution in [0.25, 0.3) is 0 Å². The number of hydrogen-bond donors (Lipinski definition) is 1. The minimum Gasteiger partial charge on any atom is -0.482 e. The van der Waals surface area contributed by atoms with Crippen molar-refractivity contribution in [3.8, 4) is 11.5 Å². The molecule has 0 unspecified atom stereocenters. The zero-order valence-electron chi connectivity index (χ0n) is 16.8. The van der Waals surface area contributed by atoms with Crippen LogP contribution in [0, 0.1) is 6.92 Å². The van der Waals surface area contributed by atoms with Gasteiger partial charge in [-0.15, -0.1) is 0 Å². The predicted molar refractivity (Wildman–Crippen MR) is 128 cm³/mol. The Morgan fingerprint density at radius 2 is 1.84 bits per heavy atom. The van der Waals surface area contributed by atoms with Crippen LogP contribution in [0.4, 0.5) is 0 Å². The Morgan fingerprint density at radius 1 is 1.06 bits per heavy atom. The minimum absolute atomic E-state index is 0.222. The Bertz CT molecular complexity index is 1180. The third-order valence-electron chi connectivity index (χ3n) is 4.10. The van der Waals surface area contributed by atoms with E-state index in [9.17, 15) is 9.59 Å². The number of rotatable bonds is 7. The van der Waals surface area contributed by atoms with Gasteiger partial charge in [-0.25, -0.2) is 10.2 Å². The second kappa shape index (κ2) is 11.1. The van der Waals surface area contributed by atoms with Crippen molar-refractivity contribution in [3.63, 3.8) is 0 Å². The third-order valence-corrected chi connectivity index (χ3v) is 5.39. The molecule has 0 aliphatic carbocycles. The molecule has 6 nitrogen and oxygen atoms in total. The van der Waals surface area contributed by atoms with Crippen LogP contribution in [0.1, 0.15) is 21.5 Å². The number of amides is 1. The van der Waals surface area contributed by atoms with Gasteiger partial charge < -0.3 is 9.47 Å². The second-order valence-corrected chi connectivity index (χ2v) is 8.28. The Labute approximate surface area is 203 Å². The molecule has 0 saturated carbocycles. The van der Waals surface area contributed by atoms with E-state index >= 15 is 0 Å². The van der Waals surface area contributed by atoms with Crippen molar-refractivity contribution in [2.24, 2.45) is 5.10 Å². The second-order valence-electron chi connectivity index (χ2n) is 6.57. The predicted octanol–water partition coefficient (Wildman–Crippen LogP) is 5.81. The lowest BCUT2D eigenvalue weighted by Gasteiger charge is -2.09. The number of aryl methyl sites for hydroxylation is 1. The van der Waals surface area contributed by atoms with Gasteiger partial charge in [-0.1, -0.05) is 62.9 Å². The summed E-state index contributed by atoms with van der Waals surface area (Å²) < 4.78 is 11.6. The number of benzene rings is 3. The first-order valence-electron chi connectivity index (χ1n) is 9.30. The lowest BCUT2D eigenvalue weighted by molar-refractivity contribution is -0.123. The highest BCUT2D eigenvalue weighted by Gasteiger charge is 2.12. The molecule has 1 amide bonds. The molecule has 0 aliphatic rings. The summed E-state index contributed by atoms with van der Waals surface area (Å²) in [6.07, 6.45) is 1.37. The number of carbonyl (C=O) groups excluding carboxylic acids is 2. The van der Waals surface area contributed by atoms with Crippen LogP contribution in [0.5, 0.6) is 11.5 Å². The Balaban J connectivity index is 1.63. The van der Waals surface area contributed by atoms with E-state index in [1.54, 1.807) is 54.6 Å². The monoisotopic (exact) mass is 534 g/mol. The van der Waals surface area contributed by atoms with Crippen molar-refractivity contribution < 1.29 is 19.1 Å². The van der Waals surface area contributed by atoms with Crippen LogP contribution in [-0.2, 0) is 4.79 Å². The summed E-state index contributed by atoms with van der Waals surface area (Å²) in [5, 5.41) is 4.46. The molecule has 0 aliphatic heterocycles. The van der Waals surface area contributed by atoms with Gasteiger partial charge in [-0.2, -0.15) is 5.10 Å². The van der Waals surface area contributed by atoms with Crippen LogP contribution >= 0.6 is 39.1 Å². The molecule has 9 heteroatoms. The quantitative estimate of drug-likeness (QED) is 0.179. The van der Waals surface area contributed by atoms with E-state index in [1.807, 2.05) is 13.0 Å². The summed E-state index contributed by atoms with van der Waals surface area (Å²) in [5.74, 6) is -0.428. The standard InChI is InChI=1S/C23H17BrCl2N2O4/c1-14-4-2-5-15(10-14)23(30)32-19-9-8-17(24)11-16(19)12-27-28-21(29)13-31-20-7-3-6-18(25)22(20)26/h2-12H,13H2,1H3,(H,28,29)/b27-12-. The molecule has 3 aromatic carbocycles. The molecular weight excluding hydrogens is 519 g/mol. The van der Waals surface area contributed by atoms with Crippen molar-refractivity contribution in [1.82, 2.24) is 5.43 Å². The molecule has 0 spiro atoms. The maximum atomic E-state index is 12.5. The SMILES string of the molecule is Cc1cccc(C(=O)Oc2ccc(Br)cc2/C=N\NC(=O)COc2cccc(Cl)c2Cl)c1. The van der Waals surface area contributed by atoms with Gasteiger partial charge in [0, 0.05) is 10.0 Å². The normalized spacial score (nSPS) is 10.8. The minimum atomic E-state index is -0.509. The number of hydrazone groups is 1. The zero-order chi connectivity index (χ0) is 23.1. The Kier molecular flexibility index (Phi) is 8.27. The van der Waals surface area contributed by atoms with Gasteiger partial charge in [0.2, 0.25) is 0 Å². The summed E-state index contributed by atoms with van der Waals surface area (Å²) in [6, 6.07) is 17.0. The van der Waals surface area contributed by atoms with Crippen molar-refractivity contribution in [2.75, 3.05) is 6.61 Å². The fourth-order valence-corrected chi connectivity index (χ4v) is 3.31. The van der Waals surface area contributed by atoms with Crippen LogP contribution in [0.2, 0.25) is 10.0 Å². The van der Waals surface area contributed by atoms with Gasteiger partial charge in [0.05, 0.1) is 16.8 Å². The first kappa shape index (κ1) is 23.8. The number of esters is 1. The molecule has 0 saturated heterocycles. The number of nitrogens with zero attached hydrogens (tertiary/aromatic N) is 1. The number of carbonyl (C=O) groups is 2. The van der Waals surface area contributed by atoms with Gasteiger partial charge in [0.25, 0.3) is 5.91 Å².